The van der Waals surface area contributed by atoms with E-state index in [1.165, 1.54) is 4.90 Å². The average molecular weight is 376 g/mol. The molecule has 2 N–H and O–H groups in total. The Morgan fingerprint density at radius 1 is 1.28 bits per heavy atom. The second-order valence-corrected chi connectivity index (χ2v) is 6.73. The highest BCUT2D eigenvalue weighted by Crippen LogP contribution is 2.30. The normalized spacial score (nSPS) is 16.0. The Bertz CT molecular complexity index is 744. The van der Waals surface area contributed by atoms with E-state index in [-0.39, 0.29) is 25.4 Å². The van der Waals surface area contributed by atoms with Gasteiger partial charge in [-0.05, 0) is 11.6 Å². The zero-order valence-electron chi connectivity index (χ0n) is 13.2. The predicted molar refractivity (Wildman–Crippen MR) is 101 cm³/mol. The molecule has 25 heavy (non-hydrogen) atoms. The van der Waals surface area contributed by atoms with Gasteiger partial charge in [0.05, 0.1) is 11.3 Å². The van der Waals surface area contributed by atoms with E-state index in [0.29, 0.717) is 9.23 Å². The fourth-order valence-corrected chi connectivity index (χ4v) is 3.18. The van der Waals surface area contributed by atoms with Gasteiger partial charge in [0.25, 0.3) is 5.91 Å². The topological polar surface area (TPSA) is 86.7 Å². The molecule has 1 aromatic carbocycles. The lowest BCUT2D eigenvalue weighted by Crippen LogP contribution is -2.40. The molecule has 1 aliphatic rings. The van der Waals surface area contributed by atoms with Gasteiger partial charge >= 0.3 is 5.97 Å². The summed E-state index contributed by atoms with van der Waals surface area (Å²) in [6.07, 6.45) is 5.11. The summed E-state index contributed by atoms with van der Waals surface area (Å²) in [7, 11) is 0. The average Bonchev–Trinajstić information content (AvgIpc) is 2.83. The largest absolute Gasteiger partial charge is 0.481 e. The minimum absolute atomic E-state index is 0.0125. The highest BCUT2D eigenvalue weighted by Gasteiger charge is 2.32. The molecule has 8 heteroatoms. The van der Waals surface area contributed by atoms with Gasteiger partial charge in [0.15, 0.2) is 0 Å². The SMILES string of the molecule is O=C(O)CCNC(=O)CN1C(=O)/C(=C/C=C/c2ccccc2)SC1=S. The first kappa shape index (κ1) is 18.9. The van der Waals surface area contributed by atoms with E-state index in [4.69, 9.17) is 17.3 Å². The number of carboxylic acids is 1. The lowest BCUT2D eigenvalue weighted by Gasteiger charge is -2.13. The fraction of sp³-hybridized carbons (Fsp3) is 0.176. The number of hydrogen-bond acceptors (Lipinski definition) is 5. The van der Waals surface area contributed by atoms with Gasteiger partial charge in [0, 0.05) is 6.54 Å². The maximum Gasteiger partial charge on any atom is 0.305 e. The first-order valence-electron chi connectivity index (χ1n) is 7.43. The molecule has 0 atom stereocenters. The van der Waals surface area contributed by atoms with Gasteiger partial charge in [-0.3, -0.25) is 19.3 Å². The minimum Gasteiger partial charge on any atom is -0.481 e. The Morgan fingerprint density at radius 2 is 2.00 bits per heavy atom. The highest BCUT2D eigenvalue weighted by molar-refractivity contribution is 8.26. The zero-order valence-corrected chi connectivity index (χ0v) is 14.8. The van der Waals surface area contributed by atoms with Gasteiger partial charge in [0.2, 0.25) is 5.91 Å². The van der Waals surface area contributed by atoms with E-state index >= 15 is 0 Å². The van der Waals surface area contributed by atoms with E-state index in [9.17, 15) is 14.4 Å². The van der Waals surface area contributed by atoms with Crippen molar-refractivity contribution in [2.45, 2.75) is 6.42 Å². The molecule has 2 amide bonds. The van der Waals surface area contributed by atoms with Crippen molar-refractivity contribution in [3.63, 3.8) is 0 Å². The van der Waals surface area contributed by atoms with Crippen molar-refractivity contribution in [3.05, 3.63) is 53.0 Å². The molecule has 0 saturated carbocycles. The summed E-state index contributed by atoms with van der Waals surface area (Å²) < 4.78 is 0.303. The number of rotatable bonds is 7. The van der Waals surface area contributed by atoms with Crippen LogP contribution in [0.5, 0.6) is 0 Å². The number of carbonyl (C=O) groups is 3. The Hall–Kier alpha value is -2.45. The molecule has 6 nitrogen and oxygen atoms in total. The van der Waals surface area contributed by atoms with Crippen LogP contribution in [0.25, 0.3) is 6.08 Å². The second kappa shape index (κ2) is 9.14. The molecule has 0 radical (unpaired) electrons. The molecule has 130 valence electrons. The number of aliphatic carboxylic acids is 1. The summed E-state index contributed by atoms with van der Waals surface area (Å²) in [5.41, 5.74) is 1.01. The van der Waals surface area contributed by atoms with Crippen LogP contribution in [0.1, 0.15) is 12.0 Å². The van der Waals surface area contributed by atoms with Crippen LogP contribution in [-0.2, 0) is 14.4 Å². The zero-order chi connectivity index (χ0) is 18.2. The third kappa shape index (κ3) is 5.84. The maximum absolute atomic E-state index is 12.3. The summed E-state index contributed by atoms with van der Waals surface area (Å²) in [6, 6.07) is 9.64. The van der Waals surface area contributed by atoms with Crippen LogP contribution in [0, 0.1) is 0 Å². The van der Waals surface area contributed by atoms with Gasteiger partial charge in [0.1, 0.15) is 10.9 Å². The standard InChI is InChI=1S/C17H16N2O4S2/c20-14(18-10-9-15(21)22)11-19-16(23)13(25-17(19)24)8-4-7-12-5-2-1-3-6-12/h1-8H,9-11H2,(H,18,20)(H,21,22)/b7-4+,13-8-. The molecule has 0 aliphatic carbocycles. The summed E-state index contributed by atoms with van der Waals surface area (Å²) in [4.78, 5) is 36.2. The highest BCUT2D eigenvalue weighted by atomic mass is 32.2. The lowest BCUT2D eigenvalue weighted by atomic mass is 10.2. The summed E-state index contributed by atoms with van der Waals surface area (Å²) >= 11 is 6.27. The number of benzene rings is 1. The Morgan fingerprint density at radius 3 is 2.68 bits per heavy atom. The number of nitrogens with one attached hydrogen (secondary N) is 1. The van der Waals surface area contributed by atoms with Crippen molar-refractivity contribution >= 4 is 52.2 Å². The molecule has 0 spiro atoms. The Labute approximate surface area is 154 Å². The monoisotopic (exact) mass is 376 g/mol. The first-order valence-corrected chi connectivity index (χ1v) is 8.65. The van der Waals surface area contributed by atoms with Gasteiger partial charge < -0.3 is 10.4 Å². The number of carboxylic acid groups (broad SMARTS) is 1. The van der Waals surface area contributed by atoms with Crippen LogP contribution in [0.3, 0.4) is 0 Å². The molecule has 1 aromatic rings. The van der Waals surface area contributed by atoms with Gasteiger partial charge in [-0.15, -0.1) is 0 Å². The first-order chi connectivity index (χ1) is 12.0. The number of thiocarbonyl (C=S) groups is 1. The summed E-state index contributed by atoms with van der Waals surface area (Å²) in [5, 5.41) is 11.0. The van der Waals surface area contributed by atoms with Crippen molar-refractivity contribution in [1.82, 2.24) is 10.2 Å². The number of allylic oxidation sites excluding steroid dienone is 2. The van der Waals surface area contributed by atoms with Crippen LogP contribution >= 0.6 is 24.0 Å². The quantitative estimate of drug-likeness (QED) is 0.559. The molecule has 0 bridgehead atoms. The molecule has 1 aliphatic heterocycles. The number of amides is 2. The number of nitrogens with zero attached hydrogens (tertiary/aromatic N) is 1. The lowest BCUT2D eigenvalue weighted by molar-refractivity contribution is -0.137. The van der Waals surface area contributed by atoms with Crippen LogP contribution in [0.2, 0.25) is 0 Å². The van der Waals surface area contributed by atoms with Gasteiger partial charge in [-0.2, -0.15) is 0 Å². The van der Waals surface area contributed by atoms with Gasteiger partial charge in [-0.25, -0.2) is 0 Å². The fourth-order valence-electron chi connectivity index (χ4n) is 1.97. The number of thioether (sulfide) groups is 1. The molecule has 1 fully saturated rings. The molecular formula is C17H16N2O4S2. The minimum atomic E-state index is -1.00. The second-order valence-electron chi connectivity index (χ2n) is 5.05. The van der Waals surface area contributed by atoms with E-state index in [1.807, 2.05) is 36.4 Å². The molecule has 0 unspecified atom stereocenters. The third-order valence-corrected chi connectivity index (χ3v) is 4.57. The van der Waals surface area contributed by atoms with Crippen molar-refractivity contribution in [2.24, 2.45) is 0 Å². The smallest absolute Gasteiger partial charge is 0.305 e. The number of hydrogen-bond donors (Lipinski definition) is 2. The maximum atomic E-state index is 12.3. The van der Waals surface area contributed by atoms with E-state index in [2.05, 4.69) is 5.32 Å². The predicted octanol–water partition coefficient (Wildman–Crippen LogP) is 2.03. The van der Waals surface area contributed by atoms with Gasteiger partial charge in [-0.1, -0.05) is 66.5 Å². The van der Waals surface area contributed by atoms with Crippen LogP contribution in [0.4, 0.5) is 0 Å². The molecule has 1 saturated heterocycles. The van der Waals surface area contributed by atoms with E-state index < -0.39 is 11.9 Å². The molecule has 0 aromatic heterocycles. The van der Waals surface area contributed by atoms with E-state index in [0.717, 1.165) is 17.3 Å². The van der Waals surface area contributed by atoms with Crippen LogP contribution in [-0.4, -0.2) is 45.2 Å². The summed E-state index contributed by atoms with van der Waals surface area (Å²) in [6.45, 7) is -0.206. The third-order valence-electron chi connectivity index (χ3n) is 3.17. The van der Waals surface area contributed by atoms with Crippen LogP contribution < -0.4 is 5.32 Å². The summed E-state index contributed by atoms with van der Waals surface area (Å²) in [5.74, 6) is -1.78. The number of carbonyl (C=O) groups excluding carboxylic acids is 2. The molecular weight excluding hydrogens is 360 g/mol. The van der Waals surface area contributed by atoms with E-state index in [1.54, 1.807) is 12.2 Å². The Kier molecular flexibility index (Phi) is 6.91. The molecule has 2 rings (SSSR count). The van der Waals surface area contributed by atoms with Crippen molar-refractivity contribution in [3.8, 4) is 0 Å². The van der Waals surface area contributed by atoms with Crippen molar-refractivity contribution in [1.29, 1.82) is 0 Å². The van der Waals surface area contributed by atoms with Crippen molar-refractivity contribution in [2.75, 3.05) is 13.1 Å². The van der Waals surface area contributed by atoms with Crippen molar-refractivity contribution < 1.29 is 19.5 Å². The Balaban J connectivity index is 1.92. The van der Waals surface area contributed by atoms with Crippen LogP contribution in [0.15, 0.2) is 47.4 Å². The molecule has 1 heterocycles.